The molecule has 1 N–H and O–H groups in total. The number of aryl methyl sites for hydroxylation is 1. The molecular formula is C33H34ClN3O4S. The number of anilines is 1. The molecule has 0 spiro atoms. The largest absolute Gasteiger partial charge is 0.355 e. The van der Waals surface area contributed by atoms with Crippen LogP contribution < -0.4 is 9.62 Å². The summed E-state index contributed by atoms with van der Waals surface area (Å²) in [6, 6.07) is 30.8. The molecule has 0 radical (unpaired) electrons. The highest BCUT2D eigenvalue weighted by atomic mass is 35.5. The summed E-state index contributed by atoms with van der Waals surface area (Å²) in [5.41, 5.74) is 2.74. The first kappa shape index (κ1) is 30.8. The maximum absolute atomic E-state index is 14.3. The first-order chi connectivity index (χ1) is 20.2. The maximum Gasteiger partial charge on any atom is 0.264 e. The summed E-state index contributed by atoms with van der Waals surface area (Å²) >= 11 is 6.50. The quantitative estimate of drug-likeness (QED) is 0.228. The number of amides is 2. The van der Waals surface area contributed by atoms with Gasteiger partial charge in [0.2, 0.25) is 11.8 Å². The van der Waals surface area contributed by atoms with Gasteiger partial charge in [-0.1, -0.05) is 102 Å². The Morgan fingerprint density at radius 2 is 1.38 bits per heavy atom. The molecule has 0 saturated heterocycles. The summed E-state index contributed by atoms with van der Waals surface area (Å²) in [6.07, 6.45) is 0.252. The predicted molar refractivity (Wildman–Crippen MR) is 167 cm³/mol. The van der Waals surface area contributed by atoms with Crippen molar-refractivity contribution in [1.29, 1.82) is 0 Å². The zero-order valence-corrected chi connectivity index (χ0v) is 25.2. The van der Waals surface area contributed by atoms with Gasteiger partial charge >= 0.3 is 0 Å². The fraction of sp³-hybridized carbons (Fsp3) is 0.212. The number of likely N-dealkylation sites (N-methyl/N-ethyl adjacent to an activating group) is 1. The fourth-order valence-electron chi connectivity index (χ4n) is 4.63. The summed E-state index contributed by atoms with van der Waals surface area (Å²) < 4.78 is 29.1. The van der Waals surface area contributed by atoms with Crippen LogP contribution in [0.15, 0.2) is 114 Å². The van der Waals surface area contributed by atoms with Gasteiger partial charge in [-0.3, -0.25) is 13.9 Å². The molecule has 7 nitrogen and oxygen atoms in total. The second-order valence-electron chi connectivity index (χ2n) is 9.88. The highest BCUT2D eigenvalue weighted by Gasteiger charge is 2.35. The van der Waals surface area contributed by atoms with Gasteiger partial charge in [0.15, 0.2) is 0 Å². The third kappa shape index (κ3) is 7.57. The molecule has 1 unspecified atom stereocenters. The Balaban J connectivity index is 1.79. The first-order valence-electron chi connectivity index (χ1n) is 13.7. The van der Waals surface area contributed by atoms with Gasteiger partial charge in [0.1, 0.15) is 12.6 Å². The molecule has 0 heterocycles. The van der Waals surface area contributed by atoms with Gasteiger partial charge < -0.3 is 10.2 Å². The Hall–Kier alpha value is -4.14. The summed E-state index contributed by atoms with van der Waals surface area (Å²) in [4.78, 5) is 29.3. The molecule has 0 bridgehead atoms. The van der Waals surface area contributed by atoms with E-state index in [-0.39, 0.29) is 34.5 Å². The molecule has 4 rings (SSSR count). The molecule has 4 aromatic rings. The van der Waals surface area contributed by atoms with Crippen LogP contribution >= 0.6 is 11.6 Å². The average molecular weight is 604 g/mol. The molecule has 2 amide bonds. The van der Waals surface area contributed by atoms with Crippen LogP contribution in [-0.4, -0.2) is 44.3 Å². The van der Waals surface area contributed by atoms with E-state index in [1.54, 1.807) is 36.4 Å². The summed E-state index contributed by atoms with van der Waals surface area (Å²) in [5, 5.41) is 3.04. The van der Waals surface area contributed by atoms with Crippen molar-refractivity contribution in [1.82, 2.24) is 10.2 Å². The number of hydrogen-bond acceptors (Lipinski definition) is 4. The fourth-order valence-corrected chi connectivity index (χ4v) is 6.35. The van der Waals surface area contributed by atoms with Crippen LogP contribution in [-0.2, 0) is 32.6 Å². The number of sulfonamides is 1. The van der Waals surface area contributed by atoms with Crippen molar-refractivity contribution in [2.24, 2.45) is 0 Å². The standard InChI is InChI=1S/C33H34ClN3O4S/c1-3-35-33(39)31(22-26-12-6-4-7-13-26)36(23-27-14-8-5-9-15-27)32(38)24-37(30-17-11-10-16-29(30)34)42(40,41)28-20-18-25(2)19-21-28/h4-21,31H,3,22-24H2,1-2H3,(H,35,39). The van der Waals surface area contributed by atoms with E-state index >= 15 is 0 Å². The highest BCUT2D eigenvalue weighted by molar-refractivity contribution is 7.92. The SMILES string of the molecule is CCNC(=O)C(Cc1ccccc1)N(Cc1ccccc1)C(=O)CN(c1ccccc1Cl)S(=O)(=O)c1ccc(C)cc1. The van der Waals surface area contributed by atoms with Crippen molar-refractivity contribution in [3.05, 3.63) is 131 Å². The van der Waals surface area contributed by atoms with E-state index in [1.165, 1.54) is 17.0 Å². The lowest BCUT2D eigenvalue weighted by Gasteiger charge is -2.34. The maximum atomic E-state index is 14.3. The van der Waals surface area contributed by atoms with Crippen molar-refractivity contribution < 1.29 is 18.0 Å². The lowest BCUT2D eigenvalue weighted by atomic mass is 10.0. The van der Waals surface area contributed by atoms with Crippen molar-refractivity contribution in [3.8, 4) is 0 Å². The predicted octanol–water partition coefficient (Wildman–Crippen LogP) is 5.62. The number of hydrogen-bond donors (Lipinski definition) is 1. The number of benzene rings is 4. The second-order valence-corrected chi connectivity index (χ2v) is 12.2. The topological polar surface area (TPSA) is 86.8 Å². The minimum atomic E-state index is -4.21. The van der Waals surface area contributed by atoms with E-state index < -0.39 is 28.5 Å². The van der Waals surface area contributed by atoms with E-state index in [1.807, 2.05) is 74.5 Å². The number of para-hydroxylation sites is 1. The van der Waals surface area contributed by atoms with Crippen LogP contribution in [0.25, 0.3) is 0 Å². The van der Waals surface area contributed by atoms with Gasteiger partial charge in [0, 0.05) is 19.5 Å². The second kappa shape index (κ2) is 14.2. The van der Waals surface area contributed by atoms with E-state index in [0.717, 1.165) is 21.0 Å². The van der Waals surface area contributed by atoms with E-state index in [4.69, 9.17) is 11.6 Å². The summed E-state index contributed by atoms with van der Waals surface area (Å²) in [5.74, 6) is -0.863. The number of halogens is 1. The number of carbonyl (C=O) groups is 2. The van der Waals surface area contributed by atoms with Gasteiger partial charge in [-0.05, 0) is 49.2 Å². The molecular weight excluding hydrogens is 570 g/mol. The van der Waals surface area contributed by atoms with E-state index in [2.05, 4.69) is 5.32 Å². The van der Waals surface area contributed by atoms with Gasteiger partial charge in [0.25, 0.3) is 10.0 Å². The Kier molecular flexibility index (Phi) is 10.4. The third-order valence-corrected chi connectivity index (χ3v) is 8.92. The molecule has 9 heteroatoms. The average Bonchev–Trinajstić information content (AvgIpc) is 2.99. The monoisotopic (exact) mass is 603 g/mol. The molecule has 0 fully saturated rings. The third-order valence-electron chi connectivity index (χ3n) is 6.83. The Morgan fingerprint density at radius 1 is 0.810 bits per heavy atom. The zero-order valence-electron chi connectivity index (χ0n) is 23.6. The number of nitrogens with one attached hydrogen (secondary N) is 1. The first-order valence-corrected chi connectivity index (χ1v) is 15.5. The van der Waals surface area contributed by atoms with Crippen LogP contribution in [0.4, 0.5) is 5.69 Å². The van der Waals surface area contributed by atoms with Crippen LogP contribution in [0.2, 0.25) is 5.02 Å². The lowest BCUT2D eigenvalue weighted by Crippen LogP contribution is -2.53. The van der Waals surface area contributed by atoms with Crippen molar-refractivity contribution in [2.75, 3.05) is 17.4 Å². The summed E-state index contributed by atoms with van der Waals surface area (Å²) in [6.45, 7) is 3.60. The zero-order chi connectivity index (χ0) is 30.1. The highest BCUT2D eigenvalue weighted by Crippen LogP contribution is 2.31. The molecule has 42 heavy (non-hydrogen) atoms. The van der Waals surface area contributed by atoms with Crippen molar-refractivity contribution in [3.63, 3.8) is 0 Å². The Labute approximate surface area is 252 Å². The molecule has 0 aliphatic rings. The molecule has 0 aromatic heterocycles. The molecule has 218 valence electrons. The minimum Gasteiger partial charge on any atom is -0.355 e. The number of nitrogens with zero attached hydrogens (tertiary/aromatic N) is 2. The van der Waals surface area contributed by atoms with Gasteiger partial charge in [-0.15, -0.1) is 0 Å². The van der Waals surface area contributed by atoms with E-state index in [9.17, 15) is 18.0 Å². The van der Waals surface area contributed by atoms with Crippen LogP contribution in [0.1, 0.15) is 23.6 Å². The van der Waals surface area contributed by atoms with Crippen LogP contribution in [0.5, 0.6) is 0 Å². The smallest absolute Gasteiger partial charge is 0.264 e. The summed E-state index contributed by atoms with van der Waals surface area (Å²) in [7, 11) is -4.21. The molecule has 1 atom stereocenters. The minimum absolute atomic E-state index is 0.0278. The van der Waals surface area contributed by atoms with Crippen LogP contribution in [0, 0.1) is 6.92 Å². The number of carbonyl (C=O) groups excluding carboxylic acids is 2. The van der Waals surface area contributed by atoms with Crippen LogP contribution in [0.3, 0.4) is 0 Å². The van der Waals surface area contributed by atoms with E-state index in [0.29, 0.717) is 6.54 Å². The molecule has 0 saturated carbocycles. The van der Waals surface area contributed by atoms with Crippen molar-refractivity contribution in [2.45, 2.75) is 37.8 Å². The lowest BCUT2D eigenvalue weighted by molar-refractivity contribution is -0.140. The Bertz CT molecular complexity index is 1600. The molecule has 0 aliphatic heterocycles. The van der Waals surface area contributed by atoms with Crippen molar-refractivity contribution >= 4 is 39.1 Å². The van der Waals surface area contributed by atoms with Gasteiger partial charge in [-0.25, -0.2) is 8.42 Å². The number of rotatable bonds is 12. The molecule has 4 aromatic carbocycles. The normalized spacial score (nSPS) is 11.9. The van der Waals surface area contributed by atoms with Gasteiger partial charge in [0.05, 0.1) is 15.6 Å². The van der Waals surface area contributed by atoms with Gasteiger partial charge in [-0.2, -0.15) is 0 Å². The molecule has 0 aliphatic carbocycles. The Morgan fingerprint density at radius 3 is 1.98 bits per heavy atom.